The molecule has 1 fully saturated rings. The van der Waals surface area contributed by atoms with E-state index in [0.717, 1.165) is 23.7 Å². The lowest BCUT2D eigenvalue weighted by Crippen LogP contribution is -2.25. The number of rotatable bonds is 2. The molecule has 0 heterocycles. The third-order valence-corrected chi connectivity index (χ3v) is 6.42. The molecule has 1 heteroatoms. The molecule has 2 aliphatic carbocycles. The van der Waals surface area contributed by atoms with Crippen LogP contribution in [0.3, 0.4) is 0 Å². The Bertz CT molecular complexity index is 394. The summed E-state index contributed by atoms with van der Waals surface area (Å²) in [4.78, 5) is 0. The van der Waals surface area contributed by atoms with Gasteiger partial charge < -0.3 is 0 Å². The van der Waals surface area contributed by atoms with Crippen molar-refractivity contribution >= 4 is 10.0 Å². The molecule has 0 aromatic heterocycles. The minimum absolute atomic E-state index is 0.382. The summed E-state index contributed by atoms with van der Waals surface area (Å²) in [5, 5.41) is 0. The Morgan fingerprint density at radius 3 is 2.28 bits per heavy atom. The molecule has 0 aromatic carbocycles. The molecule has 2 rings (SSSR count). The summed E-state index contributed by atoms with van der Waals surface area (Å²) < 4.78 is 0. The maximum absolute atomic E-state index is 2.47. The topological polar surface area (TPSA) is 0 Å². The normalized spacial score (nSPS) is 37.6. The third kappa shape index (κ3) is 2.57. The SMILES string of the molecule is CC1=CC(C)=C(C)C2C(CS(C)(C)C)CC(C)C12. The summed E-state index contributed by atoms with van der Waals surface area (Å²) in [7, 11) is -0.382. The first kappa shape index (κ1) is 14.2. The standard InChI is InChI=1S/C17H30S/c1-11-8-12(2)16-13(3)9-15(10-18(5,6)7)17(16)14(11)4/h8,13,15-17H,9-10H2,1-7H3. The van der Waals surface area contributed by atoms with E-state index in [0.29, 0.717) is 0 Å². The maximum atomic E-state index is 2.47. The van der Waals surface area contributed by atoms with Crippen LogP contribution in [0.15, 0.2) is 22.8 Å². The number of hydrogen-bond donors (Lipinski definition) is 0. The Balaban J connectivity index is 2.31. The summed E-state index contributed by atoms with van der Waals surface area (Å²) >= 11 is 0. The zero-order chi connectivity index (χ0) is 13.7. The number of fused-ring (bicyclic) bond motifs is 1. The van der Waals surface area contributed by atoms with Crippen LogP contribution in [-0.4, -0.2) is 24.5 Å². The van der Waals surface area contributed by atoms with Crippen LogP contribution in [0.25, 0.3) is 0 Å². The fraction of sp³-hybridized carbons (Fsp3) is 0.765. The molecule has 0 saturated heterocycles. The molecule has 0 aliphatic heterocycles. The zero-order valence-corrected chi connectivity index (χ0v) is 14.0. The Morgan fingerprint density at radius 2 is 1.72 bits per heavy atom. The molecule has 2 aliphatic rings. The van der Waals surface area contributed by atoms with E-state index in [4.69, 9.17) is 0 Å². The predicted molar refractivity (Wildman–Crippen MR) is 86.6 cm³/mol. The average molecular weight is 266 g/mol. The molecule has 0 spiro atoms. The molecule has 4 unspecified atom stereocenters. The van der Waals surface area contributed by atoms with Crippen molar-refractivity contribution in [1.29, 1.82) is 0 Å². The quantitative estimate of drug-likeness (QED) is 0.669. The first-order chi connectivity index (χ1) is 8.20. The van der Waals surface area contributed by atoms with Crippen LogP contribution >= 0.6 is 10.0 Å². The van der Waals surface area contributed by atoms with Crippen LogP contribution < -0.4 is 0 Å². The second kappa shape index (κ2) is 4.74. The highest BCUT2D eigenvalue weighted by Crippen LogP contribution is 2.55. The van der Waals surface area contributed by atoms with Crippen molar-refractivity contribution in [3.05, 3.63) is 22.8 Å². The molecule has 0 amide bonds. The highest BCUT2D eigenvalue weighted by molar-refractivity contribution is 8.32. The molecular weight excluding hydrogens is 236 g/mol. The van der Waals surface area contributed by atoms with E-state index in [1.807, 2.05) is 0 Å². The highest BCUT2D eigenvalue weighted by Gasteiger charge is 2.44. The molecule has 0 N–H and O–H groups in total. The second-order valence-electron chi connectivity index (χ2n) is 7.54. The maximum Gasteiger partial charge on any atom is -0.00963 e. The van der Waals surface area contributed by atoms with Gasteiger partial charge in [0.1, 0.15) is 0 Å². The van der Waals surface area contributed by atoms with E-state index in [2.05, 4.69) is 52.5 Å². The molecule has 104 valence electrons. The van der Waals surface area contributed by atoms with E-state index < -0.39 is 0 Å². The van der Waals surface area contributed by atoms with Crippen molar-refractivity contribution in [1.82, 2.24) is 0 Å². The zero-order valence-electron chi connectivity index (χ0n) is 13.2. The van der Waals surface area contributed by atoms with Crippen LogP contribution in [0.5, 0.6) is 0 Å². The lowest BCUT2D eigenvalue weighted by atomic mass is 9.73. The summed E-state index contributed by atoms with van der Waals surface area (Å²) in [6, 6.07) is 0. The first-order valence-corrected chi connectivity index (χ1v) is 10.2. The monoisotopic (exact) mass is 266 g/mol. The van der Waals surface area contributed by atoms with Crippen LogP contribution in [0.1, 0.15) is 34.1 Å². The van der Waals surface area contributed by atoms with Crippen molar-refractivity contribution < 1.29 is 0 Å². The lowest BCUT2D eigenvalue weighted by molar-refractivity contribution is 0.385. The molecule has 0 radical (unpaired) electrons. The van der Waals surface area contributed by atoms with Gasteiger partial charge in [-0.15, -0.1) is 0 Å². The largest absolute Gasteiger partial charge is 0.249 e. The van der Waals surface area contributed by atoms with Gasteiger partial charge in [-0.25, -0.2) is 10.0 Å². The van der Waals surface area contributed by atoms with Crippen LogP contribution in [0.4, 0.5) is 0 Å². The van der Waals surface area contributed by atoms with Crippen molar-refractivity contribution in [3.63, 3.8) is 0 Å². The van der Waals surface area contributed by atoms with Gasteiger partial charge >= 0.3 is 0 Å². The fourth-order valence-electron chi connectivity index (χ4n) is 4.40. The molecule has 0 nitrogen and oxygen atoms in total. The van der Waals surface area contributed by atoms with Crippen LogP contribution in [-0.2, 0) is 0 Å². The van der Waals surface area contributed by atoms with Crippen molar-refractivity contribution in [2.45, 2.75) is 34.1 Å². The molecular formula is C17H30S. The fourth-order valence-corrected chi connectivity index (χ4v) is 6.03. The van der Waals surface area contributed by atoms with E-state index >= 15 is 0 Å². The third-order valence-electron chi connectivity index (χ3n) is 4.99. The average Bonchev–Trinajstić information content (AvgIpc) is 2.49. The van der Waals surface area contributed by atoms with E-state index in [9.17, 15) is 0 Å². The Morgan fingerprint density at radius 1 is 1.11 bits per heavy atom. The van der Waals surface area contributed by atoms with E-state index in [1.165, 1.54) is 17.7 Å². The van der Waals surface area contributed by atoms with Crippen LogP contribution in [0, 0.1) is 23.7 Å². The molecule has 4 atom stereocenters. The van der Waals surface area contributed by atoms with Gasteiger partial charge in [-0.1, -0.05) is 29.7 Å². The van der Waals surface area contributed by atoms with Gasteiger partial charge in [0.15, 0.2) is 0 Å². The van der Waals surface area contributed by atoms with Gasteiger partial charge in [0.05, 0.1) is 0 Å². The molecule has 1 saturated carbocycles. The van der Waals surface area contributed by atoms with E-state index in [1.54, 1.807) is 11.1 Å². The summed E-state index contributed by atoms with van der Waals surface area (Å²) in [6.45, 7) is 9.52. The second-order valence-corrected chi connectivity index (χ2v) is 12.1. The van der Waals surface area contributed by atoms with Crippen molar-refractivity contribution in [3.8, 4) is 0 Å². The highest BCUT2D eigenvalue weighted by atomic mass is 32.3. The van der Waals surface area contributed by atoms with Gasteiger partial charge in [0.25, 0.3) is 0 Å². The molecule has 18 heavy (non-hydrogen) atoms. The van der Waals surface area contributed by atoms with Gasteiger partial charge in [-0.3, -0.25) is 0 Å². The minimum Gasteiger partial charge on any atom is -0.249 e. The lowest BCUT2D eigenvalue weighted by Gasteiger charge is -2.36. The number of allylic oxidation sites excluding steroid dienone is 4. The summed E-state index contributed by atoms with van der Waals surface area (Å²) in [5.41, 5.74) is 4.86. The van der Waals surface area contributed by atoms with Crippen molar-refractivity contribution in [2.75, 3.05) is 24.5 Å². The summed E-state index contributed by atoms with van der Waals surface area (Å²) in [6.07, 6.45) is 11.3. The van der Waals surface area contributed by atoms with Crippen molar-refractivity contribution in [2.24, 2.45) is 23.7 Å². The molecule has 0 bridgehead atoms. The Labute approximate surface area is 115 Å². The molecule has 0 aromatic rings. The smallest absolute Gasteiger partial charge is 0.00963 e. The predicted octanol–water partition coefficient (Wildman–Crippen LogP) is 4.87. The van der Waals surface area contributed by atoms with Gasteiger partial charge in [0, 0.05) is 0 Å². The van der Waals surface area contributed by atoms with E-state index in [-0.39, 0.29) is 10.0 Å². The summed E-state index contributed by atoms with van der Waals surface area (Å²) in [5.74, 6) is 4.94. The first-order valence-electron chi connectivity index (χ1n) is 7.22. The van der Waals surface area contributed by atoms with Crippen LogP contribution in [0.2, 0.25) is 0 Å². The Kier molecular flexibility index (Phi) is 3.75. The van der Waals surface area contributed by atoms with Gasteiger partial charge in [0.2, 0.25) is 0 Å². The number of hydrogen-bond acceptors (Lipinski definition) is 0. The van der Waals surface area contributed by atoms with Gasteiger partial charge in [-0.05, 0) is 75.4 Å². The Hall–Kier alpha value is -0.170. The van der Waals surface area contributed by atoms with Gasteiger partial charge in [-0.2, -0.15) is 0 Å². The minimum atomic E-state index is -0.382.